The Morgan fingerprint density at radius 2 is 1.79 bits per heavy atom. The minimum absolute atomic E-state index is 0.0891. The van der Waals surface area contributed by atoms with E-state index in [1.165, 1.54) is 10.5 Å². The van der Waals surface area contributed by atoms with E-state index in [-0.39, 0.29) is 5.91 Å². The number of hydrogen-bond donors (Lipinski definition) is 1. The van der Waals surface area contributed by atoms with Crippen LogP contribution in [0.15, 0.2) is 53.4 Å². The first kappa shape index (κ1) is 20.7. The number of nitrogens with zero attached hydrogens (tertiary/aromatic N) is 1. The van der Waals surface area contributed by atoms with Gasteiger partial charge in [-0.1, -0.05) is 29.8 Å². The van der Waals surface area contributed by atoms with Crippen molar-refractivity contribution in [1.29, 1.82) is 0 Å². The van der Waals surface area contributed by atoms with Gasteiger partial charge in [-0.25, -0.2) is 0 Å². The molecule has 0 spiro atoms. The average molecular weight is 399 g/mol. The summed E-state index contributed by atoms with van der Waals surface area (Å²) in [5.74, 6) is 1.79. The molecule has 1 N–H and O–H groups in total. The van der Waals surface area contributed by atoms with E-state index in [0.29, 0.717) is 19.1 Å². The molecule has 1 saturated heterocycles. The van der Waals surface area contributed by atoms with Crippen LogP contribution < -0.4 is 10.1 Å². The van der Waals surface area contributed by atoms with Crippen LogP contribution in [0.25, 0.3) is 0 Å². The van der Waals surface area contributed by atoms with Crippen LogP contribution in [-0.2, 0) is 11.3 Å². The van der Waals surface area contributed by atoms with Gasteiger partial charge in [0.15, 0.2) is 0 Å². The quantitative estimate of drug-likeness (QED) is 0.675. The highest BCUT2D eigenvalue weighted by atomic mass is 32.2. The highest BCUT2D eigenvalue weighted by Gasteiger charge is 2.17. The summed E-state index contributed by atoms with van der Waals surface area (Å²) in [4.78, 5) is 15.6. The van der Waals surface area contributed by atoms with Crippen LogP contribution in [0.4, 0.5) is 0 Å². The number of carbonyl (C=O) groups is 1. The van der Waals surface area contributed by atoms with Crippen molar-refractivity contribution in [2.75, 3.05) is 25.9 Å². The Morgan fingerprint density at radius 1 is 1.11 bits per heavy atom. The number of thioether (sulfide) groups is 1. The maximum absolute atomic E-state index is 12.1. The standard InChI is InChI=1S/C23H30N2O2S/c1-18-3-9-22(10-4-18)28-16-13-23(26)24-17-19-5-7-20(8-6-19)27-21-11-14-25(2)15-12-21/h3-10,21H,11-17H2,1-2H3,(H,24,26). The van der Waals surface area contributed by atoms with Crippen molar-refractivity contribution in [2.45, 2.75) is 43.7 Å². The molecule has 0 aliphatic carbocycles. The van der Waals surface area contributed by atoms with Gasteiger partial charge < -0.3 is 15.0 Å². The fourth-order valence-electron chi connectivity index (χ4n) is 3.17. The Bertz CT molecular complexity index is 738. The Labute approximate surface area is 172 Å². The molecular weight excluding hydrogens is 368 g/mol. The molecule has 1 heterocycles. The van der Waals surface area contributed by atoms with Crippen LogP contribution in [0.3, 0.4) is 0 Å². The Balaban J connectivity index is 1.34. The molecule has 1 aliphatic rings. The van der Waals surface area contributed by atoms with E-state index in [9.17, 15) is 4.79 Å². The van der Waals surface area contributed by atoms with Gasteiger partial charge in [0, 0.05) is 36.7 Å². The molecule has 0 saturated carbocycles. The number of hydrogen-bond acceptors (Lipinski definition) is 4. The summed E-state index contributed by atoms with van der Waals surface area (Å²) < 4.78 is 6.07. The van der Waals surface area contributed by atoms with Gasteiger partial charge in [-0.2, -0.15) is 0 Å². The summed E-state index contributed by atoms with van der Waals surface area (Å²) in [7, 11) is 2.15. The SMILES string of the molecule is Cc1ccc(SCCC(=O)NCc2ccc(OC3CCN(C)CC3)cc2)cc1. The molecule has 0 radical (unpaired) electrons. The highest BCUT2D eigenvalue weighted by molar-refractivity contribution is 7.99. The lowest BCUT2D eigenvalue weighted by Gasteiger charge is -2.29. The summed E-state index contributed by atoms with van der Waals surface area (Å²) >= 11 is 1.72. The molecule has 28 heavy (non-hydrogen) atoms. The summed E-state index contributed by atoms with van der Waals surface area (Å²) in [5.41, 5.74) is 2.35. The monoisotopic (exact) mass is 398 g/mol. The van der Waals surface area contributed by atoms with Gasteiger partial charge in [0.1, 0.15) is 11.9 Å². The van der Waals surface area contributed by atoms with E-state index >= 15 is 0 Å². The van der Waals surface area contributed by atoms with Crippen molar-refractivity contribution in [3.8, 4) is 5.75 Å². The molecule has 3 rings (SSSR count). The van der Waals surface area contributed by atoms with Crippen LogP contribution >= 0.6 is 11.8 Å². The van der Waals surface area contributed by atoms with Crippen molar-refractivity contribution in [3.05, 3.63) is 59.7 Å². The molecule has 2 aromatic rings. The minimum atomic E-state index is 0.0891. The van der Waals surface area contributed by atoms with E-state index in [0.717, 1.165) is 43.0 Å². The van der Waals surface area contributed by atoms with Crippen LogP contribution in [0.5, 0.6) is 5.75 Å². The Morgan fingerprint density at radius 3 is 2.46 bits per heavy atom. The van der Waals surface area contributed by atoms with E-state index < -0.39 is 0 Å². The smallest absolute Gasteiger partial charge is 0.221 e. The molecule has 2 aromatic carbocycles. The topological polar surface area (TPSA) is 41.6 Å². The van der Waals surface area contributed by atoms with Crippen LogP contribution in [0, 0.1) is 6.92 Å². The van der Waals surface area contributed by atoms with E-state index in [1.807, 2.05) is 24.3 Å². The van der Waals surface area contributed by atoms with Gasteiger partial charge >= 0.3 is 0 Å². The van der Waals surface area contributed by atoms with Gasteiger partial charge in [-0.15, -0.1) is 11.8 Å². The van der Waals surface area contributed by atoms with Gasteiger partial charge in [-0.3, -0.25) is 4.79 Å². The maximum atomic E-state index is 12.1. The lowest BCUT2D eigenvalue weighted by molar-refractivity contribution is -0.120. The van der Waals surface area contributed by atoms with Gasteiger partial charge in [0.2, 0.25) is 5.91 Å². The zero-order chi connectivity index (χ0) is 19.8. The first-order chi connectivity index (χ1) is 13.6. The molecule has 1 fully saturated rings. The molecule has 0 unspecified atom stereocenters. The zero-order valence-corrected chi connectivity index (χ0v) is 17.6. The molecule has 0 aromatic heterocycles. The third kappa shape index (κ3) is 6.88. The number of aryl methyl sites for hydroxylation is 1. The summed E-state index contributed by atoms with van der Waals surface area (Å²) in [6, 6.07) is 16.5. The average Bonchev–Trinajstić information content (AvgIpc) is 2.71. The number of amides is 1. The Kier molecular flexibility index (Phi) is 7.80. The van der Waals surface area contributed by atoms with Crippen LogP contribution in [0.1, 0.15) is 30.4 Å². The molecule has 150 valence electrons. The van der Waals surface area contributed by atoms with Crippen LogP contribution in [-0.4, -0.2) is 42.8 Å². The molecule has 1 amide bonds. The third-order valence-electron chi connectivity index (χ3n) is 5.00. The number of carbonyl (C=O) groups excluding carboxylic acids is 1. The van der Waals surface area contributed by atoms with E-state index in [4.69, 9.17) is 4.74 Å². The van der Waals surface area contributed by atoms with Crippen molar-refractivity contribution in [1.82, 2.24) is 10.2 Å². The normalized spacial score (nSPS) is 15.4. The summed E-state index contributed by atoms with van der Waals surface area (Å²) in [5, 5.41) is 3.00. The number of nitrogens with one attached hydrogen (secondary N) is 1. The lowest BCUT2D eigenvalue weighted by Crippen LogP contribution is -2.35. The fourth-order valence-corrected chi connectivity index (χ4v) is 4.02. The Hall–Kier alpha value is -1.98. The fraction of sp³-hybridized carbons (Fsp3) is 0.435. The van der Waals surface area contributed by atoms with Crippen molar-refractivity contribution < 1.29 is 9.53 Å². The first-order valence-corrected chi connectivity index (χ1v) is 11.0. The van der Waals surface area contributed by atoms with E-state index in [2.05, 4.69) is 48.5 Å². The molecular formula is C23H30N2O2S. The van der Waals surface area contributed by atoms with Crippen molar-refractivity contribution in [2.24, 2.45) is 0 Å². The third-order valence-corrected chi connectivity index (χ3v) is 6.01. The van der Waals surface area contributed by atoms with Crippen LogP contribution in [0.2, 0.25) is 0 Å². The number of benzene rings is 2. The highest BCUT2D eigenvalue weighted by Crippen LogP contribution is 2.20. The summed E-state index contributed by atoms with van der Waals surface area (Å²) in [6.07, 6.45) is 2.99. The van der Waals surface area contributed by atoms with Gasteiger partial charge in [-0.05, 0) is 56.6 Å². The summed E-state index contributed by atoms with van der Waals surface area (Å²) in [6.45, 7) is 4.83. The molecule has 0 atom stereocenters. The minimum Gasteiger partial charge on any atom is -0.490 e. The number of rotatable bonds is 8. The molecule has 0 bridgehead atoms. The van der Waals surface area contributed by atoms with Crippen molar-refractivity contribution in [3.63, 3.8) is 0 Å². The van der Waals surface area contributed by atoms with E-state index in [1.54, 1.807) is 11.8 Å². The van der Waals surface area contributed by atoms with Gasteiger partial charge in [0.25, 0.3) is 0 Å². The predicted octanol–water partition coefficient (Wildman–Crippen LogP) is 4.27. The largest absolute Gasteiger partial charge is 0.490 e. The zero-order valence-electron chi connectivity index (χ0n) is 16.8. The first-order valence-electron chi connectivity index (χ1n) is 9.99. The van der Waals surface area contributed by atoms with Crippen molar-refractivity contribution >= 4 is 17.7 Å². The second-order valence-corrected chi connectivity index (χ2v) is 8.62. The molecule has 1 aliphatic heterocycles. The lowest BCUT2D eigenvalue weighted by atomic mass is 10.1. The maximum Gasteiger partial charge on any atom is 0.221 e. The number of likely N-dealkylation sites (tertiary alicyclic amines) is 1. The second-order valence-electron chi connectivity index (χ2n) is 7.45. The molecule has 4 nitrogen and oxygen atoms in total. The van der Waals surface area contributed by atoms with Gasteiger partial charge in [0.05, 0.1) is 0 Å². The number of piperidine rings is 1. The predicted molar refractivity (Wildman–Crippen MR) is 116 cm³/mol. The number of ether oxygens (including phenoxy) is 1. The second kappa shape index (κ2) is 10.5. The molecule has 5 heteroatoms.